The molecule has 0 aliphatic rings. The van der Waals surface area contributed by atoms with Gasteiger partial charge in [-0.2, -0.15) is 0 Å². The number of carbonyl (C=O) groups is 12. The molecule has 0 rings (SSSR count). The minimum atomic E-state index is -1.83. The van der Waals surface area contributed by atoms with E-state index >= 15 is 0 Å². The first-order valence-electron chi connectivity index (χ1n) is 7.82. The van der Waals surface area contributed by atoms with E-state index in [1.807, 2.05) is 0 Å². The van der Waals surface area contributed by atoms with E-state index in [1.165, 1.54) is 0 Å². The molecule has 0 aromatic rings. The Morgan fingerprint density at radius 2 is 0.125 bits per heavy atom. The average Bonchev–Trinajstić information content (AvgIpc) is 2.61. The maximum absolute atomic E-state index is 8.56. The standard InChI is InChI=1S/12CH2O3.8Mg.16H/c12*2-1(3)4;;;;;;;;;;;;;;;;;;;;;;;;/h12*(H2,2,3,4);;;;;;;;;;;;;;;;;;;;;;;;. The zero-order chi connectivity index (χ0) is 42.9. The summed E-state index contributed by atoms with van der Waals surface area (Å²) >= 11 is 0. The highest BCUT2D eigenvalue weighted by Gasteiger charge is 1.74. The minimum absolute atomic E-state index is 0. The van der Waals surface area contributed by atoms with Crippen LogP contribution < -0.4 is 0 Å². The molecule has 36 nitrogen and oxygen atoms in total. The zero-order valence-corrected chi connectivity index (χ0v) is 21.6. The summed E-state index contributed by atoms with van der Waals surface area (Å²) in [6, 6.07) is 0. The predicted molar refractivity (Wildman–Crippen MR) is 196 cm³/mol. The van der Waals surface area contributed by atoms with Crippen LogP contribution in [-0.2, 0) is 0 Å². The van der Waals surface area contributed by atoms with Crippen LogP contribution in [0.1, 0.15) is 0 Å². The van der Waals surface area contributed by atoms with E-state index in [9.17, 15) is 0 Å². The van der Waals surface area contributed by atoms with Crippen molar-refractivity contribution in [3.8, 4) is 0 Å². The number of carboxylic acid groups (broad SMARTS) is 24. The SMILES string of the molecule is O=C(O)O.O=C(O)O.O=C(O)O.O=C(O)O.O=C(O)O.O=C(O)O.O=C(O)O.O=C(O)O.O=C(O)O.O=C(O)O.O=C(O)O.O=C(O)O.[MgH2].[MgH2].[MgH2].[MgH2].[MgH2].[MgH2].[MgH2].[MgH2]. The third-order valence-corrected chi connectivity index (χ3v) is 0. The number of hydrogen-bond donors (Lipinski definition) is 24. The fourth-order valence-electron chi connectivity index (χ4n) is 0. The monoisotopic (exact) mass is 952 g/mol. The summed E-state index contributed by atoms with van der Waals surface area (Å²) in [5, 5.41) is 167. The highest BCUT2D eigenvalue weighted by Crippen LogP contribution is 1.47. The summed E-state index contributed by atoms with van der Waals surface area (Å²) in [7, 11) is 0. The van der Waals surface area contributed by atoms with Gasteiger partial charge in [0.1, 0.15) is 0 Å². The molecule has 24 N–H and O–H groups in total. The van der Waals surface area contributed by atoms with Crippen molar-refractivity contribution in [2.45, 2.75) is 0 Å². The second kappa shape index (κ2) is 124. The van der Waals surface area contributed by atoms with Crippen LogP contribution in [0.3, 0.4) is 0 Å². The van der Waals surface area contributed by atoms with Gasteiger partial charge in [0, 0.05) is 0 Å². The van der Waals surface area contributed by atoms with Crippen LogP contribution in [0, 0.1) is 0 Å². The molecule has 0 saturated heterocycles. The maximum Gasteiger partial charge on any atom is 0.503 e. The smallest absolute Gasteiger partial charge is 0.450 e. The molecular weight excluding hydrogens is 915 g/mol. The molecule has 0 heterocycles. The summed E-state index contributed by atoms with van der Waals surface area (Å²) in [5.41, 5.74) is 0. The Morgan fingerprint density at radius 1 is 0.125 bits per heavy atom. The van der Waals surface area contributed by atoms with Crippen LogP contribution in [0.5, 0.6) is 0 Å². The van der Waals surface area contributed by atoms with Gasteiger partial charge in [-0.1, -0.05) is 0 Å². The lowest BCUT2D eigenvalue weighted by Crippen LogP contribution is -1.81. The van der Waals surface area contributed by atoms with Gasteiger partial charge in [-0.05, 0) is 0 Å². The summed E-state index contributed by atoms with van der Waals surface area (Å²) in [4.78, 5) is 103. The van der Waals surface area contributed by atoms with Crippen molar-refractivity contribution in [1.82, 2.24) is 0 Å². The molecule has 0 aliphatic carbocycles. The van der Waals surface area contributed by atoms with Crippen LogP contribution in [0.25, 0.3) is 0 Å². The van der Waals surface area contributed by atoms with Crippen molar-refractivity contribution in [2.75, 3.05) is 0 Å². The lowest BCUT2D eigenvalue weighted by molar-refractivity contribution is 0.135. The summed E-state index contributed by atoms with van der Waals surface area (Å²) in [5.74, 6) is 0. The Hall–Kier alpha value is -2.63. The van der Waals surface area contributed by atoms with Gasteiger partial charge in [0.05, 0.1) is 0 Å². The highest BCUT2D eigenvalue weighted by atomic mass is 24.3. The Kier molecular flexibility index (Phi) is 291. The summed E-state index contributed by atoms with van der Waals surface area (Å²) in [6.45, 7) is 0. The Balaban J connectivity index is -0.0000000138. The topological polar surface area (TPSA) is 690 Å². The first kappa shape index (κ1) is 131. The molecule has 320 valence electrons. The summed E-state index contributed by atoms with van der Waals surface area (Å²) < 4.78 is 0. The second-order valence-corrected chi connectivity index (χ2v) is 3.39. The quantitative estimate of drug-likeness (QED) is 0.102. The van der Waals surface area contributed by atoms with E-state index in [-0.39, 0.29) is 184 Å². The van der Waals surface area contributed by atoms with Crippen molar-refractivity contribution in [1.29, 1.82) is 0 Å². The average molecular weight is 955 g/mol. The van der Waals surface area contributed by atoms with Crippen LogP contribution in [0.15, 0.2) is 0 Å². The van der Waals surface area contributed by atoms with Gasteiger partial charge < -0.3 is 123 Å². The molecule has 0 saturated carbocycles. The normalized spacial score (nSPS) is 5.14. The van der Waals surface area contributed by atoms with E-state index in [0.29, 0.717) is 0 Å². The molecular formula is C12H40Mg8O36. The maximum atomic E-state index is 8.56. The second-order valence-electron chi connectivity index (χ2n) is 3.39. The molecule has 56 heavy (non-hydrogen) atoms. The molecule has 0 aromatic heterocycles. The molecule has 0 radical (unpaired) electrons. The van der Waals surface area contributed by atoms with Gasteiger partial charge in [-0.15, -0.1) is 0 Å². The van der Waals surface area contributed by atoms with Gasteiger partial charge in [-0.3, -0.25) is 0 Å². The lowest BCUT2D eigenvalue weighted by atomic mass is 11.5. The van der Waals surface area contributed by atoms with Crippen molar-refractivity contribution >= 4 is 258 Å². The van der Waals surface area contributed by atoms with Crippen LogP contribution >= 0.6 is 0 Å². The fourth-order valence-corrected chi connectivity index (χ4v) is 0. The third-order valence-electron chi connectivity index (χ3n) is 0. The van der Waals surface area contributed by atoms with Crippen molar-refractivity contribution < 1.29 is 180 Å². The summed E-state index contributed by atoms with van der Waals surface area (Å²) in [6.07, 6.45) is -22.0. The van der Waals surface area contributed by atoms with E-state index in [2.05, 4.69) is 0 Å². The lowest BCUT2D eigenvalue weighted by Gasteiger charge is -1.60. The Bertz CT molecular complexity index is 606. The molecule has 0 fully saturated rings. The van der Waals surface area contributed by atoms with Gasteiger partial charge in [0.2, 0.25) is 0 Å². The minimum Gasteiger partial charge on any atom is -0.450 e. The Morgan fingerprint density at radius 3 is 0.125 bits per heavy atom. The molecule has 0 aliphatic heterocycles. The zero-order valence-electron chi connectivity index (χ0n) is 21.6. The number of rotatable bonds is 0. The van der Waals surface area contributed by atoms with Gasteiger partial charge in [0.15, 0.2) is 0 Å². The number of hydrogen-bond acceptors (Lipinski definition) is 12. The van der Waals surface area contributed by atoms with E-state index in [4.69, 9.17) is 180 Å². The van der Waals surface area contributed by atoms with Crippen LogP contribution in [-0.4, -0.2) is 381 Å². The first-order chi connectivity index (χ1) is 20.8. The third kappa shape index (κ3) is 18800. The van der Waals surface area contributed by atoms with Gasteiger partial charge in [-0.25, -0.2) is 57.5 Å². The molecule has 0 unspecified atom stereocenters. The van der Waals surface area contributed by atoms with E-state index in [1.54, 1.807) is 0 Å². The highest BCUT2D eigenvalue weighted by molar-refractivity contribution is 5.76. The van der Waals surface area contributed by atoms with Crippen molar-refractivity contribution in [3.05, 3.63) is 0 Å². The van der Waals surface area contributed by atoms with E-state index in [0.717, 1.165) is 0 Å². The predicted octanol–water partition coefficient (Wildman–Crippen LogP) is -4.66. The molecule has 0 atom stereocenters. The first-order valence-corrected chi connectivity index (χ1v) is 7.82. The van der Waals surface area contributed by atoms with Crippen molar-refractivity contribution in [3.63, 3.8) is 0 Å². The molecule has 0 bridgehead atoms. The van der Waals surface area contributed by atoms with Crippen molar-refractivity contribution in [2.24, 2.45) is 0 Å². The molecule has 0 aromatic carbocycles. The van der Waals surface area contributed by atoms with Gasteiger partial charge >= 0.3 is 258 Å². The molecule has 44 heteroatoms. The fraction of sp³-hybridized carbons (Fsp3) is 0. The van der Waals surface area contributed by atoms with Gasteiger partial charge in [0.25, 0.3) is 0 Å². The van der Waals surface area contributed by atoms with Crippen LogP contribution in [0.2, 0.25) is 0 Å². The van der Waals surface area contributed by atoms with Crippen LogP contribution in [0.4, 0.5) is 57.5 Å². The van der Waals surface area contributed by atoms with E-state index < -0.39 is 73.9 Å². The largest absolute Gasteiger partial charge is 0.503 e. The Labute approximate surface area is 433 Å². The molecule has 0 amide bonds. The molecule has 0 spiro atoms.